The molecule has 0 aliphatic carbocycles. The van der Waals surface area contributed by atoms with Crippen LogP contribution in [0.1, 0.15) is 12.0 Å². The van der Waals surface area contributed by atoms with Crippen LogP contribution >= 0.6 is 0 Å². The number of nitrogens with zero attached hydrogens (tertiary/aromatic N) is 1. The van der Waals surface area contributed by atoms with E-state index in [1.807, 2.05) is 0 Å². The molecule has 1 aromatic carbocycles. The number of nitrogens with one attached hydrogen (secondary N) is 1. The van der Waals surface area contributed by atoms with Crippen molar-refractivity contribution in [2.75, 3.05) is 11.3 Å². The van der Waals surface area contributed by atoms with Crippen LogP contribution < -0.4 is 4.72 Å². The molecular weight excluding hydrogens is 288 g/mol. The van der Waals surface area contributed by atoms with Crippen LogP contribution in [0.2, 0.25) is 0 Å². The SMILES string of the molecule is O=S(=O)(Nc1ccncc1)c1ccccc1C#CCCO. The summed E-state index contributed by atoms with van der Waals surface area (Å²) in [4.78, 5) is 3.94. The molecule has 0 atom stereocenters. The van der Waals surface area contributed by atoms with Crippen LogP contribution in [0, 0.1) is 11.8 Å². The summed E-state index contributed by atoms with van der Waals surface area (Å²) >= 11 is 0. The van der Waals surface area contributed by atoms with E-state index < -0.39 is 10.0 Å². The van der Waals surface area contributed by atoms with Crippen LogP contribution in [0.15, 0.2) is 53.7 Å². The fourth-order valence-electron chi connectivity index (χ4n) is 1.65. The molecule has 108 valence electrons. The molecule has 0 aliphatic rings. The van der Waals surface area contributed by atoms with Crippen LogP contribution in [0.5, 0.6) is 0 Å². The van der Waals surface area contributed by atoms with Gasteiger partial charge in [-0.3, -0.25) is 9.71 Å². The minimum absolute atomic E-state index is 0.0584. The van der Waals surface area contributed by atoms with E-state index in [2.05, 4.69) is 21.5 Å². The minimum atomic E-state index is -3.72. The third-order valence-corrected chi connectivity index (χ3v) is 4.01. The van der Waals surface area contributed by atoms with Crippen molar-refractivity contribution in [2.24, 2.45) is 0 Å². The monoisotopic (exact) mass is 302 g/mol. The zero-order chi connectivity index (χ0) is 15.1. The van der Waals surface area contributed by atoms with Gasteiger partial charge < -0.3 is 5.11 Å². The van der Waals surface area contributed by atoms with Crippen LogP contribution in [0.3, 0.4) is 0 Å². The Kier molecular flexibility index (Phi) is 4.93. The molecule has 0 amide bonds. The maximum absolute atomic E-state index is 12.4. The summed E-state index contributed by atoms with van der Waals surface area (Å²) in [7, 11) is -3.72. The Labute approximate surface area is 123 Å². The summed E-state index contributed by atoms with van der Waals surface area (Å²) < 4.78 is 27.3. The summed E-state index contributed by atoms with van der Waals surface area (Å²) in [6, 6.07) is 9.61. The summed E-state index contributed by atoms with van der Waals surface area (Å²) in [5, 5.41) is 8.73. The zero-order valence-electron chi connectivity index (χ0n) is 11.2. The first-order chi connectivity index (χ1) is 10.1. The van der Waals surface area contributed by atoms with Gasteiger partial charge in [-0.1, -0.05) is 24.0 Å². The summed E-state index contributed by atoms with van der Waals surface area (Å²) in [5.41, 5.74) is 0.829. The first-order valence-corrected chi connectivity index (χ1v) is 7.73. The van der Waals surface area contributed by atoms with Crippen LogP contribution in [0.25, 0.3) is 0 Å². The first-order valence-electron chi connectivity index (χ1n) is 6.25. The second-order valence-corrected chi connectivity index (χ2v) is 5.76. The van der Waals surface area contributed by atoms with Crippen LogP contribution in [-0.4, -0.2) is 25.1 Å². The molecule has 21 heavy (non-hydrogen) atoms. The van der Waals surface area contributed by atoms with Crippen molar-refractivity contribution in [1.29, 1.82) is 0 Å². The Morgan fingerprint density at radius 1 is 1.14 bits per heavy atom. The Balaban J connectivity index is 2.35. The van der Waals surface area contributed by atoms with Crippen molar-refractivity contribution in [3.05, 3.63) is 54.4 Å². The van der Waals surface area contributed by atoms with E-state index in [9.17, 15) is 8.42 Å². The number of hydrogen-bond donors (Lipinski definition) is 2. The molecule has 0 saturated carbocycles. The predicted octanol–water partition coefficient (Wildman–Crippen LogP) is 1.62. The molecule has 2 N–H and O–H groups in total. The molecule has 0 fully saturated rings. The Bertz CT molecular complexity index is 762. The van der Waals surface area contributed by atoms with Gasteiger partial charge in [0.25, 0.3) is 10.0 Å². The maximum Gasteiger partial charge on any atom is 0.263 e. The summed E-state index contributed by atoms with van der Waals surface area (Å²) in [5.74, 6) is 5.49. The highest BCUT2D eigenvalue weighted by Gasteiger charge is 2.17. The van der Waals surface area contributed by atoms with Gasteiger partial charge in [-0.2, -0.15) is 0 Å². The molecule has 2 aromatic rings. The molecule has 1 heterocycles. The first kappa shape index (κ1) is 15.0. The topological polar surface area (TPSA) is 79.3 Å². The highest BCUT2D eigenvalue weighted by atomic mass is 32.2. The van der Waals surface area contributed by atoms with Gasteiger partial charge in [-0.25, -0.2) is 8.42 Å². The van der Waals surface area contributed by atoms with E-state index in [1.54, 1.807) is 30.3 Å². The number of rotatable bonds is 4. The van der Waals surface area contributed by atoms with Gasteiger partial charge in [0, 0.05) is 24.4 Å². The van der Waals surface area contributed by atoms with Gasteiger partial charge in [-0.05, 0) is 24.3 Å². The molecule has 0 spiro atoms. The largest absolute Gasteiger partial charge is 0.395 e. The molecule has 0 bridgehead atoms. The Morgan fingerprint density at radius 3 is 2.57 bits per heavy atom. The van der Waals surface area contributed by atoms with E-state index in [4.69, 9.17) is 5.11 Å². The molecule has 0 unspecified atom stereocenters. The summed E-state index contributed by atoms with van der Waals surface area (Å²) in [6.45, 7) is -0.0584. The standard InChI is InChI=1S/C15H14N2O3S/c18-12-4-3-6-13-5-1-2-7-15(13)21(19,20)17-14-8-10-16-11-9-14/h1-2,5,7-11,18H,4,12H2,(H,16,17). The van der Waals surface area contributed by atoms with Gasteiger partial charge in [0.1, 0.15) is 4.90 Å². The van der Waals surface area contributed by atoms with Gasteiger partial charge in [-0.15, -0.1) is 0 Å². The molecule has 0 saturated heterocycles. The fraction of sp³-hybridized carbons (Fsp3) is 0.133. The molecule has 1 aromatic heterocycles. The van der Waals surface area contributed by atoms with E-state index in [0.29, 0.717) is 17.7 Å². The molecule has 0 radical (unpaired) electrons. The summed E-state index contributed by atoms with van der Waals surface area (Å²) in [6.07, 6.45) is 3.31. The van der Waals surface area contributed by atoms with Gasteiger partial charge in [0.05, 0.1) is 12.3 Å². The van der Waals surface area contributed by atoms with Crippen molar-refractivity contribution in [3.63, 3.8) is 0 Å². The molecule has 5 nitrogen and oxygen atoms in total. The lowest BCUT2D eigenvalue weighted by atomic mass is 10.2. The number of aliphatic hydroxyl groups excluding tert-OH is 1. The van der Waals surface area contributed by atoms with Crippen molar-refractivity contribution in [1.82, 2.24) is 4.98 Å². The highest BCUT2D eigenvalue weighted by Crippen LogP contribution is 2.18. The number of aliphatic hydroxyl groups is 1. The predicted molar refractivity (Wildman–Crippen MR) is 80.1 cm³/mol. The number of hydrogen-bond acceptors (Lipinski definition) is 4. The average molecular weight is 302 g/mol. The lowest BCUT2D eigenvalue weighted by Crippen LogP contribution is -2.14. The number of anilines is 1. The third kappa shape index (κ3) is 4.05. The van der Waals surface area contributed by atoms with Crippen molar-refractivity contribution in [2.45, 2.75) is 11.3 Å². The van der Waals surface area contributed by atoms with Crippen molar-refractivity contribution >= 4 is 15.7 Å². The lowest BCUT2D eigenvalue weighted by molar-refractivity contribution is 0.305. The number of pyridine rings is 1. The second kappa shape index (κ2) is 6.88. The van der Waals surface area contributed by atoms with E-state index in [-0.39, 0.29) is 11.5 Å². The van der Waals surface area contributed by atoms with Crippen LogP contribution in [-0.2, 0) is 10.0 Å². The number of benzene rings is 1. The third-order valence-electron chi connectivity index (χ3n) is 2.57. The molecule has 0 aliphatic heterocycles. The Morgan fingerprint density at radius 2 is 1.86 bits per heavy atom. The second-order valence-electron chi connectivity index (χ2n) is 4.11. The molecule has 2 rings (SSSR count). The Hall–Kier alpha value is -2.36. The lowest BCUT2D eigenvalue weighted by Gasteiger charge is -2.09. The fourth-order valence-corrected chi connectivity index (χ4v) is 2.87. The molecule has 6 heteroatoms. The van der Waals surface area contributed by atoms with E-state index >= 15 is 0 Å². The molecular formula is C15H14N2O3S. The zero-order valence-corrected chi connectivity index (χ0v) is 12.0. The smallest absolute Gasteiger partial charge is 0.263 e. The van der Waals surface area contributed by atoms with E-state index in [1.165, 1.54) is 18.5 Å². The van der Waals surface area contributed by atoms with Gasteiger partial charge in [0.15, 0.2) is 0 Å². The number of sulfonamides is 1. The minimum Gasteiger partial charge on any atom is -0.395 e. The number of aromatic nitrogens is 1. The normalized spacial score (nSPS) is 10.5. The van der Waals surface area contributed by atoms with Crippen molar-refractivity contribution < 1.29 is 13.5 Å². The maximum atomic E-state index is 12.4. The van der Waals surface area contributed by atoms with Crippen molar-refractivity contribution in [3.8, 4) is 11.8 Å². The van der Waals surface area contributed by atoms with E-state index in [0.717, 1.165) is 0 Å². The van der Waals surface area contributed by atoms with Crippen LogP contribution in [0.4, 0.5) is 5.69 Å². The average Bonchev–Trinajstić information content (AvgIpc) is 2.48. The van der Waals surface area contributed by atoms with Gasteiger partial charge in [0.2, 0.25) is 0 Å². The quantitative estimate of drug-likeness (QED) is 0.841. The van der Waals surface area contributed by atoms with Gasteiger partial charge >= 0.3 is 0 Å². The highest BCUT2D eigenvalue weighted by molar-refractivity contribution is 7.92.